The van der Waals surface area contributed by atoms with Crippen molar-refractivity contribution in [2.24, 2.45) is 0 Å². The maximum Gasteiger partial charge on any atom is 0.269 e. The predicted octanol–water partition coefficient (Wildman–Crippen LogP) is 2.73. The fraction of sp³-hybridized carbons (Fsp3) is 0.200. The predicted molar refractivity (Wildman–Crippen MR) is 86.1 cm³/mol. The van der Waals surface area contributed by atoms with Gasteiger partial charge in [0.25, 0.3) is 15.8 Å². The third-order valence-electron chi connectivity index (χ3n) is 2.88. The molecule has 7 nitrogen and oxygen atoms in total. The highest BCUT2D eigenvalue weighted by Gasteiger charge is 2.06. The first-order valence-electron chi connectivity index (χ1n) is 6.62. The minimum atomic E-state index is -3.82. The molecule has 0 aliphatic carbocycles. The van der Waals surface area contributed by atoms with Gasteiger partial charge in [0.1, 0.15) is 5.75 Å². The van der Waals surface area contributed by atoms with E-state index in [4.69, 9.17) is 9.66 Å². The lowest BCUT2D eigenvalue weighted by atomic mass is 10.2. The minimum Gasteiger partial charge on any atom is -0.508 e. The molecule has 0 atom stereocenters. The zero-order valence-electron chi connectivity index (χ0n) is 12.4. The quantitative estimate of drug-likeness (QED) is 0.502. The summed E-state index contributed by atoms with van der Waals surface area (Å²) in [6.07, 6.45) is 0.361. The molecule has 0 saturated carbocycles. The first-order valence-corrected chi connectivity index (χ1v) is 8.23. The largest absolute Gasteiger partial charge is 0.508 e. The fourth-order valence-corrected chi connectivity index (χ4v) is 2.14. The zero-order valence-corrected chi connectivity index (χ0v) is 13.2. The van der Waals surface area contributed by atoms with Crippen molar-refractivity contribution < 1.29 is 23.0 Å². The molecule has 2 N–H and O–H groups in total. The molecule has 0 bridgehead atoms. The third kappa shape index (κ3) is 7.39. The Kier molecular flexibility index (Phi) is 6.67. The van der Waals surface area contributed by atoms with Gasteiger partial charge in [-0.3, -0.25) is 14.7 Å². The van der Waals surface area contributed by atoms with Crippen molar-refractivity contribution in [3.63, 3.8) is 0 Å². The molecule has 0 amide bonds. The lowest BCUT2D eigenvalue weighted by Crippen LogP contribution is -2.06. The van der Waals surface area contributed by atoms with Crippen molar-refractivity contribution in [3.05, 3.63) is 69.8 Å². The van der Waals surface area contributed by atoms with E-state index < -0.39 is 15.0 Å². The second-order valence-corrected chi connectivity index (χ2v) is 6.32. The molecule has 0 heterocycles. The van der Waals surface area contributed by atoms with E-state index >= 15 is 0 Å². The normalized spacial score (nSPS) is 10.5. The number of benzene rings is 2. The second-order valence-electron chi connectivity index (χ2n) is 4.75. The summed E-state index contributed by atoms with van der Waals surface area (Å²) in [5.74, 6) is -0.132. The van der Waals surface area contributed by atoms with Crippen LogP contribution in [0.2, 0.25) is 0 Å². The first-order chi connectivity index (χ1) is 10.7. The number of hydrogen-bond donors (Lipinski definition) is 2. The number of phenols is 1. The van der Waals surface area contributed by atoms with E-state index in [9.17, 15) is 18.5 Å². The fourth-order valence-electron chi connectivity index (χ4n) is 1.64. The van der Waals surface area contributed by atoms with E-state index in [0.717, 1.165) is 5.56 Å². The van der Waals surface area contributed by atoms with Crippen LogP contribution in [-0.2, 0) is 16.5 Å². The van der Waals surface area contributed by atoms with Crippen LogP contribution in [0.3, 0.4) is 0 Å². The third-order valence-corrected chi connectivity index (χ3v) is 3.60. The van der Waals surface area contributed by atoms with Crippen molar-refractivity contribution in [3.8, 4) is 5.75 Å². The summed E-state index contributed by atoms with van der Waals surface area (Å²) in [7, 11) is -3.82. The van der Waals surface area contributed by atoms with Crippen molar-refractivity contribution in [1.29, 1.82) is 0 Å². The van der Waals surface area contributed by atoms with Crippen LogP contribution in [0.1, 0.15) is 11.1 Å². The van der Waals surface area contributed by atoms with Crippen molar-refractivity contribution in [2.45, 2.75) is 13.3 Å². The number of aryl methyl sites for hydroxylation is 2. The lowest BCUT2D eigenvalue weighted by Gasteiger charge is -1.97. The summed E-state index contributed by atoms with van der Waals surface area (Å²) in [5.41, 5.74) is 1.43. The molecule has 0 fully saturated rings. The Morgan fingerprint density at radius 3 is 2.22 bits per heavy atom. The highest BCUT2D eigenvalue weighted by atomic mass is 32.2. The van der Waals surface area contributed by atoms with Gasteiger partial charge in [-0.15, -0.1) is 0 Å². The van der Waals surface area contributed by atoms with E-state index in [1.54, 1.807) is 6.92 Å². The van der Waals surface area contributed by atoms with Crippen LogP contribution >= 0.6 is 0 Å². The Balaban J connectivity index is 0.000000231. The Morgan fingerprint density at radius 2 is 1.74 bits per heavy atom. The van der Waals surface area contributed by atoms with Gasteiger partial charge in [0.05, 0.1) is 10.7 Å². The summed E-state index contributed by atoms with van der Waals surface area (Å²) in [6, 6.07) is 13.1. The van der Waals surface area contributed by atoms with Gasteiger partial charge in [0.15, 0.2) is 0 Å². The molecule has 0 unspecified atom stereocenters. The molecule has 8 heteroatoms. The van der Waals surface area contributed by atoms with Crippen molar-refractivity contribution in [2.75, 3.05) is 5.75 Å². The molecule has 2 aromatic carbocycles. The van der Waals surface area contributed by atoms with Crippen LogP contribution in [0.4, 0.5) is 5.69 Å². The molecule has 0 radical (unpaired) electrons. The second kappa shape index (κ2) is 8.25. The first kappa shape index (κ1) is 18.6. The van der Waals surface area contributed by atoms with Gasteiger partial charge in [0, 0.05) is 12.1 Å². The summed E-state index contributed by atoms with van der Waals surface area (Å²) in [6.45, 7) is 1.61. The molecule has 0 aliphatic heterocycles. The summed E-state index contributed by atoms with van der Waals surface area (Å²) >= 11 is 0. The zero-order chi connectivity index (χ0) is 17.5. The summed E-state index contributed by atoms with van der Waals surface area (Å²) in [5, 5.41) is 19.2. The van der Waals surface area contributed by atoms with Crippen molar-refractivity contribution in [1.82, 2.24) is 0 Å². The number of nitrogens with zero attached hydrogens (tertiary/aromatic N) is 1. The molecule has 0 aliphatic rings. The Morgan fingerprint density at radius 1 is 1.13 bits per heavy atom. The van der Waals surface area contributed by atoms with E-state index in [0.29, 0.717) is 12.0 Å². The van der Waals surface area contributed by atoms with Gasteiger partial charge in [-0.2, -0.15) is 8.42 Å². The topological polar surface area (TPSA) is 118 Å². The lowest BCUT2D eigenvalue weighted by molar-refractivity contribution is -0.384. The number of hydrogen-bond acceptors (Lipinski definition) is 5. The molecular formula is C15H17NO6S. The van der Waals surface area contributed by atoms with Gasteiger partial charge in [-0.25, -0.2) is 0 Å². The van der Waals surface area contributed by atoms with Crippen LogP contribution < -0.4 is 0 Å². The van der Waals surface area contributed by atoms with E-state index in [1.807, 2.05) is 30.3 Å². The van der Waals surface area contributed by atoms with Gasteiger partial charge in [-0.05, 0) is 30.5 Å². The smallest absolute Gasteiger partial charge is 0.269 e. The molecule has 23 heavy (non-hydrogen) atoms. The number of phenolic OH excluding ortho intramolecular Hbond substituents is 1. The Labute approximate surface area is 134 Å². The van der Waals surface area contributed by atoms with E-state index in [2.05, 4.69) is 0 Å². The molecule has 2 aromatic rings. The number of non-ortho nitro benzene ring substituents is 1. The van der Waals surface area contributed by atoms with Crippen LogP contribution in [0.25, 0.3) is 0 Å². The molecule has 0 saturated heterocycles. The maximum absolute atomic E-state index is 10.4. The monoisotopic (exact) mass is 339 g/mol. The average Bonchev–Trinajstić information content (AvgIpc) is 2.49. The molecule has 0 spiro atoms. The summed E-state index contributed by atoms with van der Waals surface area (Å²) in [4.78, 5) is 9.69. The van der Waals surface area contributed by atoms with E-state index in [-0.39, 0.29) is 17.2 Å². The summed E-state index contributed by atoms with van der Waals surface area (Å²) < 4.78 is 29.2. The number of rotatable bonds is 4. The number of nitro benzene ring substituents is 1. The van der Waals surface area contributed by atoms with E-state index in [1.165, 1.54) is 18.2 Å². The van der Waals surface area contributed by atoms with Crippen LogP contribution in [0.5, 0.6) is 5.75 Å². The average molecular weight is 339 g/mol. The van der Waals surface area contributed by atoms with Crippen LogP contribution in [0, 0.1) is 17.0 Å². The van der Waals surface area contributed by atoms with Gasteiger partial charge < -0.3 is 5.11 Å². The van der Waals surface area contributed by atoms with Gasteiger partial charge in [0.2, 0.25) is 0 Å². The van der Waals surface area contributed by atoms with Gasteiger partial charge >= 0.3 is 0 Å². The Hall–Kier alpha value is -2.45. The highest BCUT2D eigenvalue weighted by Crippen LogP contribution is 2.21. The number of nitro groups is 1. The van der Waals surface area contributed by atoms with Crippen LogP contribution in [-0.4, -0.2) is 28.8 Å². The van der Waals surface area contributed by atoms with Crippen LogP contribution in [0.15, 0.2) is 48.5 Å². The highest BCUT2D eigenvalue weighted by molar-refractivity contribution is 7.85. The minimum absolute atomic E-state index is 0.000278. The van der Waals surface area contributed by atoms with Gasteiger partial charge in [-0.1, -0.05) is 30.3 Å². The maximum atomic E-state index is 10.4. The molecular weight excluding hydrogens is 322 g/mol. The number of aromatic hydroxyl groups is 1. The molecule has 0 aromatic heterocycles. The van der Waals surface area contributed by atoms with Crippen molar-refractivity contribution >= 4 is 15.8 Å². The Bertz CT molecular complexity index is 759. The molecule has 2 rings (SSSR count). The standard InChI is InChI=1S/C8H10O3S.C7H7NO3/c9-12(10,11)7-6-8-4-2-1-3-5-8;1-5-4-6(8(10)11)2-3-7(5)9/h1-5H,6-7H2,(H,9,10,11);2-4,9H,1H3. The SMILES string of the molecule is Cc1cc([N+](=O)[O-])ccc1O.O=S(=O)(O)CCc1ccccc1. The molecule has 124 valence electrons.